The molecule has 1 aromatic heterocycles. The first-order valence-corrected chi connectivity index (χ1v) is 6.87. The van der Waals surface area contributed by atoms with Crippen LogP contribution >= 0.6 is 7.60 Å². The Hall–Kier alpha value is -1.47. The molecule has 8 nitrogen and oxygen atoms in total. The molecule has 0 aromatic carbocycles. The number of aromatic nitrogens is 1. The van der Waals surface area contributed by atoms with Crippen molar-refractivity contribution in [1.82, 2.24) is 4.98 Å². The minimum Gasteiger partial charge on any atom is -0.506 e. The van der Waals surface area contributed by atoms with Crippen molar-refractivity contribution in [2.75, 3.05) is 0 Å². The van der Waals surface area contributed by atoms with Crippen molar-refractivity contribution in [3.05, 3.63) is 23.0 Å². The molecule has 0 saturated carbocycles. The number of ether oxygens (including phenoxy) is 1. The molecular weight excluding hydrogens is 277 g/mol. The molecule has 0 aliphatic heterocycles. The summed E-state index contributed by atoms with van der Waals surface area (Å²) in [5, 5.41) is 18.9. The molecule has 9 heteroatoms. The SMILES string of the molecule is CC(=O)OC(c1cnc(C)c(O)c1CO)P(=O)(O)O. The summed E-state index contributed by atoms with van der Waals surface area (Å²) < 4.78 is 15.9. The van der Waals surface area contributed by atoms with Gasteiger partial charge in [-0.25, -0.2) is 0 Å². The number of nitrogens with zero attached hydrogens (tertiary/aromatic N) is 1. The molecule has 0 aliphatic rings. The molecule has 0 bridgehead atoms. The largest absolute Gasteiger partial charge is 0.506 e. The Labute approximate surface area is 108 Å². The molecule has 1 atom stereocenters. The summed E-state index contributed by atoms with van der Waals surface area (Å²) in [7, 11) is -4.83. The number of pyridine rings is 1. The molecule has 0 radical (unpaired) electrons. The fourth-order valence-electron chi connectivity index (χ4n) is 1.51. The predicted octanol–water partition coefficient (Wildman–Crippen LogP) is 0.327. The van der Waals surface area contributed by atoms with Crippen molar-refractivity contribution in [3.8, 4) is 5.75 Å². The van der Waals surface area contributed by atoms with E-state index >= 15 is 0 Å². The van der Waals surface area contributed by atoms with E-state index in [0.717, 1.165) is 13.1 Å². The fraction of sp³-hybridized carbons (Fsp3) is 0.400. The number of aliphatic hydroxyl groups excluding tert-OH is 1. The molecule has 1 unspecified atom stereocenters. The molecule has 0 saturated heterocycles. The van der Waals surface area contributed by atoms with E-state index in [4.69, 9.17) is 0 Å². The third kappa shape index (κ3) is 3.51. The minimum absolute atomic E-state index is 0.137. The van der Waals surface area contributed by atoms with Gasteiger partial charge in [-0.2, -0.15) is 0 Å². The van der Waals surface area contributed by atoms with E-state index in [0.29, 0.717) is 0 Å². The summed E-state index contributed by atoms with van der Waals surface area (Å²) in [4.78, 5) is 33.1. The Bertz CT molecular complexity index is 539. The van der Waals surface area contributed by atoms with Crippen molar-refractivity contribution in [2.45, 2.75) is 26.3 Å². The zero-order chi connectivity index (χ0) is 14.8. The number of carbonyl (C=O) groups is 1. The first-order valence-electron chi connectivity index (χ1n) is 5.19. The topological polar surface area (TPSA) is 137 Å². The Morgan fingerprint density at radius 1 is 1.53 bits per heavy atom. The molecular formula is C10H14NO7P. The maximum atomic E-state index is 11.4. The molecule has 106 valence electrons. The lowest BCUT2D eigenvalue weighted by atomic mass is 10.1. The normalized spacial score (nSPS) is 13.1. The summed E-state index contributed by atoms with van der Waals surface area (Å²) in [6.07, 6.45) is 1.05. The maximum Gasteiger partial charge on any atom is 0.370 e. The Morgan fingerprint density at radius 3 is 2.53 bits per heavy atom. The van der Waals surface area contributed by atoms with E-state index in [1.54, 1.807) is 0 Å². The van der Waals surface area contributed by atoms with Gasteiger partial charge in [0.25, 0.3) is 0 Å². The van der Waals surface area contributed by atoms with Crippen LogP contribution in [-0.4, -0.2) is 31.0 Å². The number of aliphatic hydroxyl groups is 1. The monoisotopic (exact) mass is 291 g/mol. The van der Waals surface area contributed by atoms with Gasteiger partial charge in [-0.05, 0) is 6.92 Å². The molecule has 4 N–H and O–H groups in total. The van der Waals surface area contributed by atoms with Gasteiger partial charge in [-0.3, -0.25) is 14.3 Å². The second kappa shape index (κ2) is 5.66. The quantitative estimate of drug-likeness (QED) is 0.460. The molecule has 19 heavy (non-hydrogen) atoms. The molecule has 1 rings (SSSR count). The van der Waals surface area contributed by atoms with Gasteiger partial charge < -0.3 is 24.7 Å². The summed E-state index contributed by atoms with van der Waals surface area (Å²) in [6, 6.07) is 0. The van der Waals surface area contributed by atoms with Crippen LogP contribution in [0.4, 0.5) is 0 Å². The van der Waals surface area contributed by atoms with E-state index in [1.165, 1.54) is 6.92 Å². The van der Waals surface area contributed by atoms with E-state index < -0.39 is 31.8 Å². The Morgan fingerprint density at radius 2 is 2.11 bits per heavy atom. The number of hydrogen-bond donors (Lipinski definition) is 4. The van der Waals surface area contributed by atoms with Crippen molar-refractivity contribution in [2.24, 2.45) is 0 Å². The van der Waals surface area contributed by atoms with E-state index in [2.05, 4.69) is 9.72 Å². The second-order valence-corrected chi connectivity index (χ2v) is 5.48. The van der Waals surface area contributed by atoms with Gasteiger partial charge in [-0.1, -0.05) is 0 Å². The Kier molecular flexibility index (Phi) is 4.65. The number of aryl methyl sites for hydroxylation is 1. The van der Waals surface area contributed by atoms with Crippen LogP contribution in [0.1, 0.15) is 29.6 Å². The lowest BCUT2D eigenvalue weighted by Crippen LogP contribution is -2.12. The average Bonchev–Trinajstić information content (AvgIpc) is 2.28. The highest BCUT2D eigenvalue weighted by atomic mass is 31.2. The van der Waals surface area contributed by atoms with Gasteiger partial charge in [0.1, 0.15) is 5.75 Å². The second-order valence-electron chi connectivity index (χ2n) is 3.84. The lowest BCUT2D eigenvalue weighted by Gasteiger charge is -2.21. The average molecular weight is 291 g/mol. The van der Waals surface area contributed by atoms with Crippen LogP contribution in [0.5, 0.6) is 5.75 Å². The number of aromatic hydroxyl groups is 1. The van der Waals surface area contributed by atoms with Crippen LogP contribution in [0.2, 0.25) is 0 Å². The zero-order valence-corrected chi connectivity index (χ0v) is 11.2. The highest BCUT2D eigenvalue weighted by Gasteiger charge is 2.36. The maximum absolute atomic E-state index is 11.4. The fourth-order valence-corrected chi connectivity index (χ4v) is 2.38. The standard InChI is InChI=1S/C10H14NO7P/c1-5-9(14)8(4-12)7(3-11-5)10(18-6(2)13)19(15,16)17/h3,10,12,14H,4H2,1-2H3,(H2,15,16,17). The third-order valence-electron chi connectivity index (χ3n) is 2.38. The van der Waals surface area contributed by atoms with Crippen molar-refractivity contribution in [3.63, 3.8) is 0 Å². The van der Waals surface area contributed by atoms with E-state index in [9.17, 15) is 29.4 Å². The van der Waals surface area contributed by atoms with Crippen LogP contribution in [0, 0.1) is 6.92 Å². The zero-order valence-electron chi connectivity index (χ0n) is 10.3. The van der Waals surface area contributed by atoms with Crippen LogP contribution in [0.15, 0.2) is 6.20 Å². The van der Waals surface area contributed by atoms with Gasteiger partial charge >= 0.3 is 13.6 Å². The van der Waals surface area contributed by atoms with Crippen molar-refractivity contribution < 1.29 is 34.1 Å². The first-order chi connectivity index (χ1) is 8.68. The van der Waals surface area contributed by atoms with Gasteiger partial charge in [0.2, 0.25) is 5.85 Å². The van der Waals surface area contributed by atoms with Gasteiger partial charge in [0.05, 0.1) is 12.3 Å². The van der Waals surface area contributed by atoms with Gasteiger partial charge in [0.15, 0.2) is 0 Å². The molecule has 0 fully saturated rings. The van der Waals surface area contributed by atoms with Crippen LogP contribution in [0.3, 0.4) is 0 Å². The number of rotatable bonds is 4. The highest BCUT2D eigenvalue weighted by molar-refractivity contribution is 7.52. The number of hydrogen-bond acceptors (Lipinski definition) is 6. The summed E-state index contributed by atoms with van der Waals surface area (Å²) >= 11 is 0. The first kappa shape index (κ1) is 15.6. The molecule has 0 aliphatic carbocycles. The van der Waals surface area contributed by atoms with Gasteiger partial charge in [-0.15, -0.1) is 0 Å². The molecule has 0 spiro atoms. The summed E-state index contributed by atoms with van der Waals surface area (Å²) in [5.74, 6) is -3.21. The number of carbonyl (C=O) groups excluding carboxylic acids is 1. The van der Waals surface area contributed by atoms with E-state index in [1.807, 2.05) is 0 Å². The summed E-state index contributed by atoms with van der Waals surface area (Å²) in [5.41, 5.74) is -0.184. The smallest absolute Gasteiger partial charge is 0.370 e. The third-order valence-corrected chi connectivity index (χ3v) is 3.38. The molecule has 0 amide bonds. The predicted molar refractivity (Wildman–Crippen MR) is 63.1 cm³/mol. The highest BCUT2D eigenvalue weighted by Crippen LogP contribution is 2.53. The van der Waals surface area contributed by atoms with E-state index in [-0.39, 0.29) is 16.8 Å². The Balaban J connectivity index is 3.42. The number of esters is 1. The van der Waals surface area contributed by atoms with Crippen LogP contribution in [0.25, 0.3) is 0 Å². The van der Waals surface area contributed by atoms with Crippen LogP contribution < -0.4 is 0 Å². The summed E-state index contributed by atoms with van der Waals surface area (Å²) in [6.45, 7) is 1.77. The molecule has 1 heterocycles. The van der Waals surface area contributed by atoms with Crippen LogP contribution in [-0.2, 0) is 20.7 Å². The van der Waals surface area contributed by atoms with Gasteiger partial charge in [0, 0.05) is 24.2 Å². The minimum atomic E-state index is -4.83. The molecule has 1 aromatic rings. The lowest BCUT2D eigenvalue weighted by molar-refractivity contribution is -0.143. The van der Waals surface area contributed by atoms with Crippen molar-refractivity contribution >= 4 is 13.6 Å². The van der Waals surface area contributed by atoms with Crippen molar-refractivity contribution in [1.29, 1.82) is 0 Å².